The lowest BCUT2D eigenvalue weighted by Crippen LogP contribution is -2.44. The molecule has 0 radical (unpaired) electrons. The zero-order chi connectivity index (χ0) is 13.2. The highest BCUT2D eigenvalue weighted by molar-refractivity contribution is 5.28. The summed E-state index contributed by atoms with van der Waals surface area (Å²) in [7, 11) is 0. The molecule has 2 saturated heterocycles. The number of fused-ring (bicyclic) bond motifs is 1. The van der Waals surface area contributed by atoms with E-state index in [1.54, 1.807) is 6.07 Å². The van der Waals surface area contributed by atoms with E-state index in [0.29, 0.717) is 18.6 Å². The number of aromatic hydroxyl groups is 1. The van der Waals surface area contributed by atoms with E-state index in [9.17, 15) is 9.50 Å². The van der Waals surface area contributed by atoms with Crippen molar-refractivity contribution in [1.82, 2.24) is 10.2 Å². The van der Waals surface area contributed by atoms with Crippen molar-refractivity contribution in [3.63, 3.8) is 0 Å². The highest BCUT2D eigenvalue weighted by Crippen LogP contribution is 2.27. The molecule has 0 spiro atoms. The number of hydrogen-bond acceptors (Lipinski definition) is 3. The molecule has 2 heterocycles. The molecule has 2 aliphatic rings. The minimum Gasteiger partial charge on any atom is -0.508 e. The summed E-state index contributed by atoms with van der Waals surface area (Å²) in [5.74, 6) is -0.370. The lowest BCUT2D eigenvalue weighted by atomic mass is 9.99. The Hall–Kier alpha value is -1.13. The van der Waals surface area contributed by atoms with Gasteiger partial charge in [-0.05, 0) is 43.5 Å². The van der Waals surface area contributed by atoms with E-state index in [0.717, 1.165) is 11.6 Å². The highest BCUT2D eigenvalue weighted by Gasteiger charge is 2.34. The minimum atomic E-state index is -0.373. The van der Waals surface area contributed by atoms with Gasteiger partial charge in [0.05, 0.1) is 0 Å². The van der Waals surface area contributed by atoms with Gasteiger partial charge in [-0.1, -0.05) is 6.42 Å². The first-order chi connectivity index (χ1) is 9.22. The number of halogens is 1. The number of nitrogens with zero attached hydrogens (tertiary/aromatic N) is 1. The summed E-state index contributed by atoms with van der Waals surface area (Å²) < 4.78 is 13.2. The molecule has 0 amide bonds. The average Bonchev–Trinajstić information content (AvgIpc) is 2.78. The number of benzene rings is 1. The summed E-state index contributed by atoms with van der Waals surface area (Å²) in [6.45, 7) is 3.03. The van der Waals surface area contributed by atoms with Crippen LogP contribution in [0.3, 0.4) is 0 Å². The van der Waals surface area contributed by atoms with E-state index in [-0.39, 0.29) is 11.6 Å². The van der Waals surface area contributed by atoms with Crippen LogP contribution in [0.25, 0.3) is 0 Å². The van der Waals surface area contributed by atoms with Crippen molar-refractivity contribution in [3.05, 3.63) is 29.6 Å². The number of phenolic OH excluding ortho intramolecular Hbond substituents is 1. The third-order valence-corrected chi connectivity index (χ3v) is 4.37. The molecule has 0 saturated carbocycles. The molecule has 2 unspecified atom stereocenters. The number of nitrogens with one attached hydrogen (secondary N) is 1. The van der Waals surface area contributed by atoms with Crippen molar-refractivity contribution in [2.24, 2.45) is 0 Å². The first-order valence-electron chi connectivity index (χ1n) is 7.18. The van der Waals surface area contributed by atoms with Gasteiger partial charge >= 0.3 is 0 Å². The highest BCUT2D eigenvalue weighted by atomic mass is 19.1. The van der Waals surface area contributed by atoms with Gasteiger partial charge in [-0.2, -0.15) is 0 Å². The molecule has 3 nitrogen and oxygen atoms in total. The van der Waals surface area contributed by atoms with Gasteiger partial charge in [-0.3, -0.25) is 4.90 Å². The molecule has 1 aromatic carbocycles. The molecule has 1 aromatic rings. The molecule has 0 aromatic heterocycles. The normalized spacial score (nSPS) is 27.4. The van der Waals surface area contributed by atoms with Gasteiger partial charge in [-0.15, -0.1) is 0 Å². The van der Waals surface area contributed by atoms with Crippen LogP contribution in [0.4, 0.5) is 4.39 Å². The minimum absolute atomic E-state index is 0.00233. The van der Waals surface area contributed by atoms with Crippen LogP contribution in [0.5, 0.6) is 5.75 Å². The van der Waals surface area contributed by atoms with Crippen LogP contribution < -0.4 is 5.32 Å². The van der Waals surface area contributed by atoms with E-state index in [1.165, 1.54) is 44.8 Å². The molecule has 2 fully saturated rings. The maximum Gasteiger partial charge on any atom is 0.127 e. The smallest absolute Gasteiger partial charge is 0.127 e. The monoisotopic (exact) mass is 264 g/mol. The number of rotatable bonds is 3. The van der Waals surface area contributed by atoms with Crippen LogP contribution in [0.15, 0.2) is 18.2 Å². The molecule has 2 N–H and O–H groups in total. The summed E-state index contributed by atoms with van der Waals surface area (Å²) in [5.41, 5.74) is 0.812. The maximum absolute atomic E-state index is 13.2. The molecular weight excluding hydrogens is 243 g/mol. The Morgan fingerprint density at radius 2 is 2.11 bits per heavy atom. The third kappa shape index (κ3) is 2.90. The Morgan fingerprint density at radius 1 is 1.21 bits per heavy atom. The Kier molecular flexibility index (Phi) is 3.71. The molecule has 0 aliphatic carbocycles. The fraction of sp³-hybridized carbons (Fsp3) is 0.600. The molecule has 104 valence electrons. The van der Waals surface area contributed by atoms with Crippen LogP contribution >= 0.6 is 0 Å². The number of piperidine rings is 1. The van der Waals surface area contributed by atoms with Gasteiger partial charge in [0.15, 0.2) is 0 Å². The SMILES string of the molecule is Oc1cc(F)cc(CNC2CCN3CCCCC23)c1. The zero-order valence-corrected chi connectivity index (χ0v) is 11.1. The maximum atomic E-state index is 13.2. The van der Waals surface area contributed by atoms with Crippen molar-refractivity contribution in [2.45, 2.75) is 44.3 Å². The standard InChI is InChI=1S/C15H21FN2O/c16-12-7-11(8-13(19)9-12)10-17-14-4-6-18-5-2-1-3-15(14)18/h7-9,14-15,17,19H,1-6,10H2. The van der Waals surface area contributed by atoms with Crippen molar-refractivity contribution in [1.29, 1.82) is 0 Å². The fourth-order valence-electron chi connectivity index (χ4n) is 3.47. The molecule has 19 heavy (non-hydrogen) atoms. The van der Waals surface area contributed by atoms with Gasteiger partial charge in [-0.25, -0.2) is 4.39 Å². The largest absolute Gasteiger partial charge is 0.508 e. The Bertz CT molecular complexity index is 432. The lowest BCUT2D eigenvalue weighted by Gasteiger charge is -2.32. The first kappa shape index (κ1) is 12.9. The summed E-state index contributed by atoms with van der Waals surface area (Å²) in [5, 5.41) is 12.9. The molecule has 4 heteroatoms. The summed E-state index contributed by atoms with van der Waals surface area (Å²) >= 11 is 0. The number of phenols is 1. The van der Waals surface area contributed by atoms with Crippen molar-refractivity contribution in [3.8, 4) is 5.75 Å². The summed E-state index contributed by atoms with van der Waals surface area (Å²) in [6, 6.07) is 5.41. The second-order valence-corrected chi connectivity index (χ2v) is 5.69. The first-order valence-corrected chi connectivity index (χ1v) is 7.18. The zero-order valence-electron chi connectivity index (χ0n) is 11.1. The quantitative estimate of drug-likeness (QED) is 0.879. The summed E-state index contributed by atoms with van der Waals surface area (Å²) in [6.07, 6.45) is 5.08. The second kappa shape index (κ2) is 5.47. The summed E-state index contributed by atoms with van der Waals surface area (Å²) in [4.78, 5) is 2.57. The van der Waals surface area contributed by atoms with Gasteiger partial charge in [0, 0.05) is 31.2 Å². The van der Waals surface area contributed by atoms with E-state index >= 15 is 0 Å². The predicted molar refractivity (Wildman–Crippen MR) is 72.5 cm³/mol. The van der Waals surface area contributed by atoms with Crippen LogP contribution in [0, 0.1) is 5.82 Å². The Morgan fingerprint density at radius 3 is 2.95 bits per heavy atom. The lowest BCUT2D eigenvalue weighted by molar-refractivity contribution is 0.180. The van der Waals surface area contributed by atoms with Gasteiger partial charge in [0.25, 0.3) is 0 Å². The van der Waals surface area contributed by atoms with Crippen LogP contribution in [0.1, 0.15) is 31.2 Å². The molecule has 3 rings (SSSR count). The Labute approximate surface area is 113 Å². The Balaban J connectivity index is 1.60. The van der Waals surface area contributed by atoms with Crippen LogP contribution in [-0.2, 0) is 6.54 Å². The van der Waals surface area contributed by atoms with Gasteiger partial charge < -0.3 is 10.4 Å². The molecule has 2 aliphatic heterocycles. The van der Waals surface area contributed by atoms with E-state index in [1.807, 2.05) is 0 Å². The molecule has 0 bridgehead atoms. The predicted octanol–water partition coefficient (Wildman–Crippen LogP) is 2.25. The third-order valence-electron chi connectivity index (χ3n) is 4.37. The van der Waals surface area contributed by atoms with E-state index in [4.69, 9.17) is 0 Å². The van der Waals surface area contributed by atoms with Crippen molar-refractivity contribution in [2.75, 3.05) is 13.1 Å². The molecule has 2 atom stereocenters. The van der Waals surface area contributed by atoms with Crippen LogP contribution in [0.2, 0.25) is 0 Å². The van der Waals surface area contributed by atoms with Crippen LogP contribution in [-0.4, -0.2) is 35.2 Å². The van der Waals surface area contributed by atoms with Crippen molar-refractivity contribution >= 4 is 0 Å². The topological polar surface area (TPSA) is 35.5 Å². The molecular formula is C15H21FN2O. The number of hydrogen-bond donors (Lipinski definition) is 2. The van der Waals surface area contributed by atoms with Crippen molar-refractivity contribution < 1.29 is 9.50 Å². The van der Waals surface area contributed by atoms with Gasteiger partial charge in [0.2, 0.25) is 0 Å². The fourth-order valence-corrected chi connectivity index (χ4v) is 3.47. The van der Waals surface area contributed by atoms with Gasteiger partial charge in [0.1, 0.15) is 11.6 Å². The van der Waals surface area contributed by atoms with E-state index in [2.05, 4.69) is 10.2 Å². The average molecular weight is 264 g/mol. The second-order valence-electron chi connectivity index (χ2n) is 5.69. The van der Waals surface area contributed by atoms with E-state index < -0.39 is 0 Å².